The lowest BCUT2D eigenvalue weighted by molar-refractivity contribution is 0.00578. The van der Waals surface area contributed by atoms with Crippen LogP contribution in [0.3, 0.4) is 0 Å². The molecule has 24 heavy (non-hydrogen) atoms. The Bertz CT molecular complexity index is 857. The van der Waals surface area contributed by atoms with Crippen LogP contribution >= 0.6 is 0 Å². The molecule has 0 N–H and O–H groups in total. The largest absolute Gasteiger partial charge is 0.494 e. The molecule has 1 aromatic heterocycles. The SMILES string of the molecule is CC1(C)OB(c2ccc3nn(CCS(C)(=O)=O)cc3c2)OC1(C)C. The molecule has 0 radical (unpaired) electrons. The fourth-order valence-corrected chi connectivity index (χ4v) is 3.11. The molecule has 0 atom stereocenters. The second-order valence-electron chi connectivity index (χ2n) is 7.43. The average Bonchev–Trinajstić information content (AvgIpc) is 2.93. The van der Waals surface area contributed by atoms with E-state index < -0.39 is 17.0 Å². The number of aromatic nitrogens is 2. The first-order valence-corrected chi connectivity index (χ1v) is 10.0. The Kier molecular flexibility index (Phi) is 4.05. The quantitative estimate of drug-likeness (QED) is 0.779. The van der Waals surface area contributed by atoms with Crippen LogP contribution in [0.15, 0.2) is 24.4 Å². The summed E-state index contributed by atoms with van der Waals surface area (Å²) < 4.78 is 36.4. The third-order valence-electron chi connectivity index (χ3n) is 4.79. The summed E-state index contributed by atoms with van der Waals surface area (Å²) in [5.41, 5.74) is 0.992. The molecule has 1 saturated heterocycles. The van der Waals surface area contributed by atoms with Crippen molar-refractivity contribution in [2.75, 3.05) is 12.0 Å². The lowest BCUT2D eigenvalue weighted by Crippen LogP contribution is -2.41. The molecule has 1 aromatic carbocycles. The van der Waals surface area contributed by atoms with Crippen molar-refractivity contribution in [3.63, 3.8) is 0 Å². The van der Waals surface area contributed by atoms with Crippen LogP contribution in [0.5, 0.6) is 0 Å². The minimum absolute atomic E-state index is 0.0745. The van der Waals surface area contributed by atoms with Crippen molar-refractivity contribution in [3.05, 3.63) is 24.4 Å². The van der Waals surface area contributed by atoms with E-state index in [1.807, 2.05) is 52.1 Å². The number of rotatable bonds is 4. The van der Waals surface area contributed by atoms with E-state index >= 15 is 0 Å². The minimum atomic E-state index is -3.01. The van der Waals surface area contributed by atoms with Gasteiger partial charge in [0.1, 0.15) is 9.84 Å². The van der Waals surface area contributed by atoms with Gasteiger partial charge in [-0.3, -0.25) is 4.68 Å². The zero-order valence-electron chi connectivity index (χ0n) is 14.7. The Labute approximate surface area is 143 Å². The van der Waals surface area contributed by atoms with Crippen molar-refractivity contribution in [2.24, 2.45) is 0 Å². The summed E-state index contributed by atoms with van der Waals surface area (Å²) in [4.78, 5) is 0. The van der Waals surface area contributed by atoms with E-state index in [0.29, 0.717) is 6.54 Å². The normalized spacial score (nSPS) is 20.0. The fraction of sp³-hybridized carbons (Fsp3) is 0.562. The van der Waals surface area contributed by atoms with Crippen molar-refractivity contribution in [3.8, 4) is 0 Å². The van der Waals surface area contributed by atoms with Gasteiger partial charge in [-0.2, -0.15) is 5.10 Å². The zero-order valence-corrected chi connectivity index (χ0v) is 15.6. The molecule has 1 aliphatic rings. The standard InChI is InChI=1S/C16H23BN2O4S/c1-15(2)16(3,4)23-17(22-15)13-6-7-14-12(10-13)11-19(18-14)8-9-24(5,20)21/h6-7,10-11H,8-9H2,1-5H3. The molecule has 1 fully saturated rings. The summed E-state index contributed by atoms with van der Waals surface area (Å²) in [7, 11) is -3.43. The molecular weight excluding hydrogens is 327 g/mol. The van der Waals surface area contributed by atoms with Gasteiger partial charge < -0.3 is 9.31 Å². The van der Waals surface area contributed by atoms with E-state index in [9.17, 15) is 8.42 Å². The molecule has 0 bridgehead atoms. The minimum Gasteiger partial charge on any atom is -0.399 e. The molecule has 0 unspecified atom stereocenters. The lowest BCUT2D eigenvalue weighted by Gasteiger charge is -2.32. The van der Waals surface area contributed by atoms with E-state index in [-0.39, 0.29) is 17.0 Å². The Hall–Kier alpha value is -1.38. The highest BCUT2D eigenvalue weighted by molar-refractivity contribution is 7.90. The van der Waals surface area contributed by atoms with Crippen molar-refractivity contribution in [1.82, 2.24) is 9.78 Å². The highest BCUT2D eigenvalue weighted by Crippen LogP contribution is 2.36. The maximum atomic E-state index is 11.3. The van der Waals surface area contributed by atoms with Gasteiger partial charge in [-0.25, -0.2) is 8.42 Å². The number of fused-ring (bicyclic) bond motifs is 1. The summed E-state index contributed by atoms with van der Waals surface area (Å²) in [6.45, 7) is 8.44. The van der Waals surface area contributed by atoms with Crippen molar-refractivity contribution >= 4 is 33.3 Å². The predicted molar refractivity (Wildman–Crippen MR) is 95.2 cm³/mol. The van der Waals surface area contributed by atoms with E-state index in [1.54, 1.807) is 4.68 Å². The summed E-state index contributed by atoms with van der Waals surface area (Å²) in [6, 6.07) is 5.84. The van der Waals surface area contributed by atoms with Crippen LogP contribution in [0.2, 0.25) is 0 Å². The first kappa shape index (κ1) is 17.4. The summed E-state index contributed by atoms with van der Waals surface area (Å²) in [5, 5.41) is 5.35. The van der Waals surface area contributed by atoms with Crippen LogP contribution in [0, 0.1) is 0 Å². The molecule has 2 aromatic rings. The van der Waals surface area contributed by atoms with Crippen LogP contribution in [0.4, 0.5) is 0 Å². The highest BCUT2D eigenvalue weighted by atomic mass is 32.2. The third kappa shape index (κ3) is 3.36. The van der Waals surface area contributed by atoms with Gasteiger partial charge in [0.25, 0.3) is 0 Å². The Morgan fingerprint density at radius 2 is 1.79 bits per heavy atom. The molecule has 130 valence electrons. The fourth-order valence-electron chi connectivity index (χ4n) is 2.59. The Morgan fingerprint density at radius 3 is 2.38 bits per heavy atom. The molecule has 3 rings (SSSR count). The van der Waals surface area contributed by atoms with Gasteiger partial charge in [0.05, 0.1) is 29.0 Å². The first-order valence-electron chi connectivity index (χ1n) is 7.97. The topological polar surface area (TPSA) is 70.4 Å². The smallest absolute Gasteiger partial charge is 0.399 e. The van der Waals surface area contributed by atoms with E-state index in [0.717, 1.165) is 16.4 Å². The van der Waals surface area contributed by atoms with E-state index in [4.69, 9.17) is 9.31 Å². The molecule has 1 aliphatic heterocycles. The number of aryl methyl sites for hydroxylation is 1. The molecule has 0 aliphatic carbocycles. The van der Waals surface area contributed by atoms with Gasteiger partial charge in [-0.1, -0.05) is 12.1 Å². The van der Waals surface area contributed by atoms with Crippen LogP contribution in [0.1, 0.15) is 27.7 Å². The molecule has 0 amide bonds. The monoisotopic (exact) mass is 350 g/mol. The zero-order chi connectivity index (χ0) is 17.8. The second-order valence-corrected chi connectivity index (χ2v) is 9.69. The van der Waals surface area contributed by atoms with Gasteiger partial charge in [-0.05, 0) is 39.2 Å². The average molecular weight is 350 g/mol. The number of hydrogen-bond acceptors (Lipinski definition) is 5. The summed E-state index contributed by atoms with van der Waals surface area (Å²) in [5.74, 6) is 0.0745. The number of sulfone groups is 1. The molecule has 0 saturated carbocycles. The maximum absolute atomic E-state index is 11.3. The third-order valence-corrected chi connectivity index (χ3v) is 5.72. The van der Waals surface area contributed by atoms with Gasteiger partial charge in [0.2, 0.25) is 0 Å². The molecule has 6 nitrogen and oxygen atoms in total. The molecule has 2 heterocycles. The van der Waals surface area contributed by atoms with Crippen LogP contribution < -0.4 is 5.46 Å². The van der Waals surface area contributed by atoms with Crippen molar-refractivity contribution in [2.45, 2.75) is 45.4 Å². The first-order chi connectivity index (χ1) is 11.0. The summed E-state index contributed by atoms with van der Waals surface area (Å²) >= 11 is 0. The van der Waals surface area contributed by atoms with E-state index in [1.165, 1.54) is 6.26 Å². The molecule has 0 spiro atoms. The van der Waals surface area contributed by atoms with Gasteiger partial charge >= 0.3 is 7.12 Å². The van der Waals surface area contributed by atoms with Gasteiger partial charge in [0, 0.05) is 17.8 Å². The Morgan fingerprint density at radius 1 is 1.17 bits per heavy atom. The summed E-state index contributed by atoms with van der Waals surface area (Å²) in [6.07, 6.45) is 3.09. The van der Waals surface area contributed by atoms with Crippen LogP contribution in [-0.4, -0.2) is 48.5 Å². The predicted octanol–water partition coefficient (Wildman–Crippen LogP) is 1.38. The number of hydrogen-bond donors (Lipinski definition) is 0. The Balaban J connectivity index is 1.84. The van der Waals surface area contributed by atoms with Crippen molar-refractivity contribution < 1.29 is 17.7 Å². The molecule has 8 heteroatoms. The number of nitrogens with zero attached hydrogens (tertiary/aromatic N) is 2. The van der Waals surface area contributed by atoms with Crippen molar-refractivity contribution in [1.29, 1.82) is 0 Å². The molecular formula is C16H23BN2O4S. The second kappa shape index (κ2) is 5.57. The highest BCUT2D eigenvalue weighted by Gasteiger charge is 2.51. The van der Waals surface area contributed by atoms with Crippen LogP contribution in [0.25, 0.3) is 10.9 Å². The van der Waals surface area contributed by atoms with E-state index in [2.05, 4.69) is 5.10 Å². The van der Waals surface area contributed by atoms with Crippen LogP contribution in [-0.2, 0) is 25.7 Å². The van der Waals surface area contributed by atoms with Gasteiger partial charge in [-0.15, -0.1) is 0 Å². The number of benzene rings is 1. The maximum Gasteiger partial charge on any atom is 0.494 e. The lowest BCUT2D eigenvalue weighted by atomic mass is 9.79. The van der Waals surface area contributed by atoms with Gasteiger partial charge in [0.15, 0.2) is 0 Å².